The van der Waals surface area contributed by atoms with E-state index in [0.29, 0.717) is 0 Å². The van der Waals surface area contributed by atoms with Crippen molar-refractivity contribution in [2.45, 2.75) is 46.0 Å². The van der Waals surface area contributed by atoms with Gasteiger partial charge in [0.2, 0.25) is 0 Å². The monoisotopic (exact) mass is 138 g/mol. The third-order valence-electron chi connectivity index (χ3n) is 4.09. The highest BCUT2D eigenvalue weighted by atomic mass is 14.5. The van der Waals surface area contributed by atoms with E-state index in [1.54, 1.807) is 12.8 Å². The molecule has 0 radical (unpaired) electrons. The molecule has 2 bridgehead atoms. The molecule has 0 saturated heterocycles. The molecule has 0 N–H and O–H groups in total. The van der Waals surface area contributed by atoms with Crippen LogP contribution in [0, 0.1) is 17.3 Å². The molecule has 0 amide bonds. The Bertz CT molecular complexity index is 139. The molecule has 10 heavy (non-hydrogen) atoms. The summed E-state index contributed by atoms with van der Waals surface area (Å²) in [4.78, 5) is 0. The van der Waals surface area contributed by atoms with E-state index < -0.39 is 0 Å². The number of hydrogen-bond donors (Lipinski definition) is 0. The van der Waals surface area contributed by atoms with Crippen molar-refractivity contribution >= 4 is 0 Å². The lowest BCUT2D eigenvalue weighted by atomic mass is 9.73. The van der Waals surface area contributed by atoms with Crippen molar-refractivity contribution in [1.82, 2.24) is 0 Å². The smallest absolute Gasteiger partial charge is 0.0297 e. The van der Waals surface area contributed by atoms with Crippen LogP contribution in [0.3, 0.4) is 0 Å². The summed E-state index contributed by atoms with van der Waals surface area (Å²) in [5.74, 6) is 2.22. The first-order valence-corrected chi connectivity index (χ1v) is 4.74. The topological polar surface area (TPSA) is 0 Å². The van der Waals surface area contributed by atoms with Crippen LogP contribution in [0.5, 0.6) is 0 Å². The zero-order chi connectivity index (χ0) is 7.19. The molecule has 0 aromatic heterocycles. The van der Waals surface area contributed by atoms with Crippen LogP contribution in [0.15, 0.2) is 0 Å². The molecule has 2 aliphatic carbocycles. The molecule has 0 heteroatoms. The molecule has 0 aromatic rings. The van der Waals surface area contributed by atoms with E-state index in [-0.39, 0.29) is 0 Å². The first-order valence-electron chi connectivity index (χ1n) is 4.74. The maximum atomic E-state index is 2.50. The van der Waals surface area contributed by atoms with Crippen molar-refractivity contribution in [3.8, 4) is 0 Å². The zero-order valence-electron chi connectivity index (χ0n) is 7.19. The molecule has 2 saturated carbocycles. The zero-order valence-corrected chi connectivity index (χ0v) is 7.19. The number of fused-ring (bicyclic) bond motifs is 2. The van der Waals surface area contributed by atoms with Crippen molar-refractivity contribution in [2.75, 3.05) is 0 Å². The van der Waals surface area contributed by atoms with Crippen molar-refractivity contribution in [3.05, 3.63) is 0 Å². The minimum Gasteiger partial charge on any atom is -0.0649 e. The minimum atomic E-state index is 0.753. The molecule has 2 fully saturated rings. The lowest BCUT2D eigenvalue weighted by molar-refractivity contribution is 0.182. The average molecular weight is 138 g/mol. The molecule has 0 aliphatic heterocycles. The Morgan fingerprint density at radius 3 is 2.50 bits per heavy atom. The Labute approximate surface area is 64.0 Å². The van der Waals surface area contributed by atoms with Crippen LogP contribution in [0.4, 0.5) is 0 Å². The first-order chi connectivity index (χ1) is 4.74. The average Bonchev–Trinajstić information content (AvgIpc) is 2.46. The minimum absolute atomic E-state index is 0.753. The van der Waals surface area contributed by atoms with Crippen molar-refractivity contribution in [2.24, 2.45) is 17.3 Å². The summed E-state index contributed by atoms with van der Waals surface area (Å²) in [6, 6.07) is 0. The van der Waals surface area contributed by atoms with Crippen molar-refractivity contribution in [1.29, 1.82) is 0 Å². The Balaban J connectivity index is 2.14. The Kier molecular flexibility index (Phi) is 1.33. The Morgan fingerprint density at radius 2 is 2.20 bits per heavy atom. The fraction of sp³-hybridized carbons (Fsp3) is 1.00. The van der Waals surface area contributed by atoms with Gasteiger partial charge in [-0.2, -0.15) is 0 Å². The molecule has 2 aliphatic rings. The fourth-order valence-corrected chi connectivity index (χ4v) is 3.15. The van der Waals surface area contributed by atoms with Gasteiger partial charge in [0, 0.05) is 0 Å². The van der Waals surface area contributed by atoms with Crippen LogP contribution in [0.2, 0.25) is 0 Å². The van der Waals surface area contributed by atoms with Crippen LogP contribution < -0.4 is 0 Å². The van der Waals surface area contributed by atoms with E-state index in [9.17, 15) is 0 Å². The SMILES string of the molecule is CCC1(C)CC2CC[C@H]1C2. The highest BCUT2D eigenvalue weighted by Gasteiger charge is 2.46. The molecular weight excluding hydrogens is 120 g/mol. The molecule has 2 unspecified atom stereocenters. The summed E-state index contributed by atoms with van der Waals surface area (Å²) >= 11 is 0. The largest absolute Gasteiger partial charge is 0.0649 e. The Hall–Kier alpha value is 0. The lowest BCUT2D eigenvalue weighted by Crippen LogP contribution is -2.22. The van der Waals surface area contributed by atoms with Gasteiger partial charge in [0.25, 0.3) is 0 Å². The molecule has 0 spiro atoms. The Morgan fingerprint density at radius 1 is 1.40 bits per heavy atom. The summed E-state index contributed by atoms with van der Waals surface area (Å²) in [5.41, 5.74) is 0.753. The van der Waals surface area contributed by atoms with E-state index in [1.807, 2.05) is 0 Å². The van der Waals surface area contributed by atoms with Gasteiger partial charge >= 0.3 is 0 Å². The van der Waals surface area contributed by atoms with Gasteiger partial charge in [0.05, 0.1) is 0 Å². The van der Waals surface area contributed by atoms with E-state index in [1.165, 1.54) is 19.3 Å². The molecular formula is C10H18. The predicted octanol–water partition coefficient (Wildman–Crippen LogP) is 3.22. The molecule has 0 heterocycles. The van der Waals surface area contributed by atoms with Crippen LogP contribution in [0.25, 0.3) is 0 Å². The van der Waals surface area contributed by atoms with Gasteiger partial charge in [0.1, 0.15) is 0 Å². The van der Waals surface area contributed by atoms with E-state index in [2.05, 4.69) is 13.8 Å². The van der Waals surface area contributed by atoms with E-state index in [4.69, 9.17) is 0 Å². The summed E-state index contributed by atoms with van der Waals surface area (Å²) < 4.78 is 0. The van der Waals surface area contributed by atoms with Crippen LogP contribution in [-0.4, -0.2) is 0 Å². The third kappa shape index (κ3) is 0.741. The lowest BCUT2D eigenvalue weighted by Gasteiger charge is -2.32. The second-order valence-electron chi connectivity index (χ2n) is 4.59. The highest BCUT2D eigenvalue weighted by molar-refractivity contribution is 4.96. The summed E-state index contributed by atoms with van der Waals surface area (Å²) in [6.07, 6.45) is 7.59. The van der Waals surface area contributed by atoms with Gasteiger partial charge in [-0.3, -0.25) is 0 Å². The summed E-state index contributed by atoms with van der Waals surface area (Å²) in [5, 5.41) is 0. The van der Waals surface area contributed by atoms with Gasteiger partial charge in [-0.25, -0.2) is 0 Å². The molecule has 0 nitrogen and oxygen atoms in total. The number of rotatable bonds is 1. The van der Waals surface area contributed by atoms with Crippen LogP contribution >= 0.6 is 0 Å². The molecule has 0 aromatic carbocycles. The fourth-order valence-electron chi connectivity index (χ4n) is 3.15. The molecule has 3 atom stereocenters. The first kappa shape index (κ1) is 6.69. The predicted molar refractivity (Wildman–Crippen MR) is 43.8 cm³/mol. The van der Waals surface area contributed by atoms with Gasteiger partial charge in [0.15, 0.2) is 0 Å². The quantitative estimate of drug-likeness (QED) is 0.522. The highest BCUT2D eigenvalue weighted by Crippen LogP contribution is 2.57. The van der Waals surface area contributed by atoms with Gasteiger partial charge in [-0.1, -0.05) is 26.7 Å². The van der Waals surface area contributed by atoms with Gasteiger partial charge < -0.3 is 0 Å². The third-order valence-corrected chi connectivity index (χ3v) is 4.09. The molecule has 58 valence electrons. The standard InChI is InChI=1S/C10H18/c1-3-10(2)7-8-4-5-9(10)6-8/h8-9H,3-7H2,1-2H3/t8?,9-,10?/m0/s1. The van der Waals surface area contributed by atoms with E-state index in [0.717, 1.165) is 17.3 Å². The number of hydrogen-bond acceptors (Lipinski definition) is 0. The second kappa shape index (κ2) is 1.99. The van der Waals surface area contributed by atoms with Crippen molar-refractivity contribution in [3.63, 3.8) is 0 Å². The van der Waals surface area contributed by atoms with Crippen LogP contribution in [-0.2, 0) is 0 Å². The maximum absolute atomic E-state index is 2.50. The summed E-state index contributed by atoms with van der Waals surface area (Å²) in [6.45, 7) is 4.86. The van der Waals surface area contributed by atoms with Crippen molar-refractivity contribution < 1.29 is 0 Å². The van der Waals surface area contributed by atoms with Crippen LogP contribution in [0.1, 0.15) is 46.0 Å². The molecule has 2 rings (SSSR count). The maximum Gasteiger partial charge on any atom is -0.0297 e. The summed E-state index contributed by atoms with van der Waals surface area (Å²) in [7, 11) is 0. The van der Waals surface area contributed by atoms with E-state index >= 15 is 0 Å². The van der Waals surface area contributed by atoms with Gasteiger partial charge in [-0.15, -0.1) is 0 Å². The van der Waals surface area contributed by atoms with Gasteiger partial charge in [-0.05, 0) is 36.5 Å². The second-order valence-corrected chi connectivity index (χ2v) is 4.59. The normalized spacial score (nSPS) is 52.2.